The van der Waals surface area contributed by atoms with Gasteiger partial charge in [-0.3, -0.25) is 24.1 Å². The third-order valence-electron chi connectivity index (χ3n) is 5.23. The highest BCUT2D eigenvalue weighted by atomic mass is 16.3. The molecule has 3 saturated heterocycles. The number of amides is 5. The lowest BCUT2D eigenvalue weighted by molar-refractivity contribution is -0.137. The molecule has 1 aromatic heterocycles. The van der Waals surface area contributed by atoms with Crippen molar-refractivity contribution in [1.29, 1.82) is 0 Å². The predicted molar refractivity (Wildman–Crippen MR) is 94.2 cm³/mol. The van der Waals surface area contributed by atoms with Crippen molar-refractivity contribution in [3.63, 3.8) is 0 Å². The molecule has 3 fully saturated rings. The first kappa shape index (κ1) is 19.4. The van der Waals surface area contributed by atoms with Gasteiger partial charge in [-0.1, -0.05) is 0 Å². The number of aromatic nitrogens is 1. The molecule has 0 spiro atoms. The number of fused-ring (bicyclic) bond motifs is 1. The number of hydrogen-bond acceptors (Lipinski definition) is 5. The molecular weight excluding hydrogens is 370 g/mol. The number of carbonyl (C=O) groups excluding carboxylic acids is 4. The fraction of sp³-hybridized carbons (Fsp3) is 0.471. The fourth-order valence-corrected chi connectivity index (χ4v) is 4.01. The van der Waals surface area contributed by atoms with Crippen molar-refractivity contribution in [2.45, 2.75) is 24.9 Å². The molecule has 0 unspecified atom stereocenters. The number of nitrogens with zero attached hydrogens (tertiary/aromatic N) is 3. The molecule has 4 rings (SSSR count). The van der Waals surface area contributed by atoms with Crippen LogP contribution in [0.15, 0.2) is 18.5 Å². The van der Waals surface area contributed by atoms with Crippen LogP contribution in [0.2, 0.25) is 0 Å². The highest BCUT2D eigenvalue weighted by molar-refractivity contribution is 6.04. The Balaban J connectivity index is 0.000000706. The van der Waals surface area contributed by atoms with Gasteiger partial charge >= 0.3 is 6.03 Å². The fourth-order valence-electron chi connectivity index (χ4n) is 4.01. The molecule has 0 aliphatic carbocycles. The van der Waals surface area contributed by atoms with Gasteiger partial charge in [0.25, 0.3) is 18.3 Å². The molecule has 1 aromatic rings. The first-order chi connectivity index (χ1) is 13.5. The quantitative estimate of drug-likeness (QED) is 0.449. The summed E-state index contributed by atoms with van der Waals surface area (Å²) in [6.45, 7) is 0.595. The molecular formula is C17H21N5O6. The van der Waals surface area contributed by atoms with Gasteiger partial charge in [-0.25, -0.2) is 4.79 Å². The molecule has 0 radical (unpaired) electrons. The molecule has 28 heavy (non-hydrogen) atoms. The summed E-state index contributed by atoms with van der Waals surface area (Å²) in [5.41, 5.74) is 0.616. The molecule has 3 aliphatic rings. The molecule has 5 amide bonds. The van der Waals surface area contributed by atoms with Crippen LogP contribution >= 0.6 is 0 Å². The van der Waals surface area contributed by atoms with Gasteiger partial charge in [0, 0.05) is 25.5 Å². The lowest BCUT2D eigenvalue weighted by Gasteiger charge is -2.26. The van der Waals surface area contributed by atoms with E-state index < -0.39 is 6.03 Å². The van der Waals surface area contributed by atoms with E-state index >= 15 is 0 Å². The summed E-state index contributed by atoms with van der Waals surface area (Å²) in [5.74, 6) is -0.657. The van der Waals surface area contributed by atoms with E-state index in [1.165, 1.54) is 0 Å². The maximum atomic E-state index is 12.6. The Morgan fingerprint density at radius 3 is 2.39 bits per heavy atom. The monoisotopic (exact) mass is 391 g/mol. The minimum atomic E-state index is -0.523. The Hall–Kier alpha value is -3.37. The van der Waals surface area contributed by atoms with Gasteiger partial charge in [0.2, 0.25) is 5.91 Å². The van der Waals surface area contributed by atoms with Crippen LogP contribution in [0.5, 0.6) is 0 Å². The lowest BCUT2D eigenvalue weighted by Crippen LogP contribution is -2.46. The molecule has 150 valence electrons. The topological polar surface area (TPSA) is 143 Å². The van der Waals surface area contributed by atoms with Gasteiger partial charge < -0.3 is 25.2 Å². The van der Waals surface area contributed by atoms with E-state index in [-0.39, 0.29) is 49.4 Å². The molecule has 3 N–H and O–H groups in total. The second kappa shape index (κ2) is 8.11. The average Bonchev–Trinajstić information content (AvgIpc) is 3.43. The molecule has 4 heterocycles. The first-order valence-corrected chi connectivity index (χ1v) is 8.87. The van der Waals surface area contributed by atoms with Crippen LogP contribution in [-0.4, -0.2) is 93.3 Å². The first-order valence-electron chi connectivity index (χ1n) is 8.87. The summed E-state index contributed by atoms with van der Waals surface area (Å²) in [6.07, 6.45) is 4.81. The Kier molecular flexibility index (Phi) is 5.62. The highest BCUT2D eigenvalue weighted by Gasteiger charge is 2.46. The third-order valence-corrected chi connectivity index (χ3v) is 5.23. The van der Waals surface area contributed by atoms with Gasteiger partial charge in [0.1, 0.15) is 6.54 Å². The summed E-state index contributed by atoms with van der Waals surface area (Å²) in [4.78, 5) is 64.2. The van der Waals surface area contributed by atoms with E-state index in [1.807, 2.05) is 4.90 Å². The number of carbonyl (C=O) groups is 5. The zero-order valence-corrected chi connectivity index (χ0v) is 15.0. The number of urea groups is 1. The molecule has 0 saturated carbocycles. The third kappa shape index (κ3) is 3.55. The van der Waals surface area contributed by atoms with E-state index in [0.717, 1.165) is 4.90 Å². The van der Waals surface area contributed by atoms with Crippen molar-refractivity contribution in [2.24, 2.45) is 0 Å². The SMILES string of the molecule is O=C1CNC(=O)N1CC(=O)N1CC[C@H]2[C@@H]1CCN2C(=O)c1cc[nH]c1.O=CO. The van der Waals surface area contributed by atoms with Crippen molar-refractivity contribution >= 4 is 30.2 Å². The second-order valence-electron chi connectivity index (χ2n) is 6.64. The second-order valence-corrected chi connectivity index (χ2v) is 6.64. The van der Waals surface area contributed by atoms with Crippen LogP contribution in [0.25, 0.3) is 0 Å². The summed E-state index contributed by atoms with van der Waals surface area (Å²) in [6, 6.07) is 1.17. The van der Waals surface area contributed by atoms with Crippen LogP contribution in [0.4, 0.5) is 4.79 Å². The summed E-state index contributed by atoms with van der Waals surface area (Å²) >= 11 is 0. The van der Waals surface area contributed by atoms with Crippen LogP contribution in [0.3, 0.4) is 0 Å². The van der Waals surface area contributed by atoms with Gasteiger partial charge in [-0.15, -0.1) is 0 Å². The number of hydrogen-bond donors (Lipinski definition) is 3. The van der Waals surface area contributed by atoms with Crippen LogP contribution in [0, 0.1) is 0 Å². The van der Waals surface area contributed by atoms with E-state index in [2.05, 4.69) is 10.3 Å². The normalized spacial score (nSPS) is 23.2. The molecule has 2 atom stereocenters. The number of H-pyrrole nitrogens is 1. The largest absolute Gasteiger partial charge is 0.483 e. The number of carboxylic acid groups (broad SMARTS) is 1. The van der Waals surface area contributed by atoms with Gasteiger partial charge in [0.15, 0.2) is 0 Å². The Bertz CT molecular complexity index is 763. The van der Waals surface area contributed by atoms with E-state index in [4.69, 9.17) is 9.90 Å². The zero-order chi connectivity index (χ0) is 20.3. The van der Waals surface area contributed by atoms with E-state index in [0.29, 0.717) is 31.5 Å². The Morgan fingerprint density at radius 2 is 1.82 bits per heavy atom. The van der Waals surface area contributed by atoms with Crippen LogP contribution in [-0.2, 0) is 14.4 Å². The predicted octanol–water partition coefficient (Wildman–Crippen LogP) is -0.917. The Morgan fingerprint density at radius 1 is 1.18 bits per heavy atom. The molecule has 11 heteroatoms. The number of likely N-dealkylation sites (tertiary alicyclic amines) is 2. The lowest BCUT2D eigenvalue weighted by atomic mass is 10.1. The number of nitrogens with one attached hydrogen (secondary N) is 2. The van der Waals surface area contributed by atoms with Gasteiger partial charge in [-0.2, -0.15) is 0 Å². The number of imide groups is 1. The van der Waals surface area contributed by atoms with E-state index in [1.54, 1.807) is 23.4 Å². The van der Waals surface area contributed by atoms with Crippen molar-refractivity contribution in [3.05, 3.63) is 24.0 Å². The minimum absolute atomic E-state index is 0.00513. The smallest absolute Gasteiger partial charge is 0.325 e. The average molecular weight is 391 g/mol. The number of rotatable bonds is 3. The van der Waals surface area contributed by atoms with E-state index in [9.17, 15) is 19.2 Å². The van der Waals surface area contributed by atoms with Crippen molar-refractivity contribution in [2.75, 3.05) is 26.2 Å². The maximum absolute atomic E-state index is 12.6. The summed E-state index contributed by atoms with van der Waals surface area (Å²) in [5, 5.41) is 9.30. The summed E-state index contributed by atoms with van der Waals surface area (Å²) < 4.78 is 0. The molecule has 3 aliphatic heterocycles. The van der Waals surface area contributed by atoms with Crippen molar-refractivity contribution in [1.82, 2.24) is 25.0 Å². The molecule has 11 nitrogen and oxygen atoms in total. The van der Waals surface area contributed by atoms with Gasteiger partial charge in [-0.05, 0) is 18.9 Å². The molecule has 0 aromatic carbocycles. The minimum Gasteiger partial charge on any atom is -0.483 e. The Labute approximate surface area is 160 Å². The number of aromatic amines is 1. The van der Waals surface area contributed by atoms with Crippen molar-refractivity contribution < 1.29 is 29.1 Å². The maximum Gasteiger partial charge on any atom is 0.325 e. The zero-order valence-electron chi connectivity index (χ0n) is 15.0. The van der Waals surface area contributed by atoms with Crippen LogP contribution in [0.1, 0.15) is 23.2 Å². The van der Waals surface area contributed by atoms with Gasteiger partial charge in [0.05, 0.1) is 24.2 Å². The standard InChI is InChI=1S/C16H19N5O4.CH2O2/c22-13-8-18-16(25)21(13)9-14(23)19-5-2-12-11(19)3-6-20(12)15(24)10-1-4-17-7-10;2-1-3/h1,4,7,11-12,17H,2-3,5-6,8-9H2,(H,18,25);1H,(H,2,3)/t11-,12-;/m0./s1. The molecule has 0 bridgehead atoms. The van der Waals surface area contributed by atoms with Crippen molar-refractivity contribution in [3.8, 4) is 0 Å². The van der Waals surface area contributed by atoms with Crippen LogP contribution < -0.4 is 5.32 Å². The summed E-state index contributed by atoms with van der Waals surface area (Å²) in [7, 11) is 0. The highest BCUT2D eigenvalue weighted by Crippen LogP contribution is 2.32.